The predicted octanol–water partition coefficient (Wildman–Crippen LogP) is 3.83. The van der Waals surface area contributed by atoms with Crippen molar-refractivity contribution in [1.29, 1.82) is 0 Å². The maximum absolute atomic E-state index is 13.1. The molecule has 0 bridgehead atoms. The first-order valence-electron chi connectivity index (χ1n) is 6.44. The van der Waals surface area contributed by atoms with Crippen molar-refractivity contribution in [2.45, 2.75) is 26.4 Å². The molecule has 0 aliphatic heterocycles. The maximum atomic E-state index is 13.1. The van der Waals surface area contributed by atoms with Gasteiger partial charge >= 0.3 is 0 Å². The van der Waals surface area contributed by atoms with Gasteiger partial charge in [0.25, 0.3) is 0 Å². The Labute approximate surface area is 117 Å². The summed E-state index contributed by atoms with van der Waals surface area (Å²) < 4.78 is 25.9. The Kier molecular flexibility index (Phi) is 4.35. The summed E-state index contributed by atoms with van der Waals surface area (Å²) in [6.45, 7) is 4.21. The van der Waals surface area contributed by atoms with Crippen LogP contribution in [0.25, 0.3) is 0 Å². The fourth-order valence-electron chi connectivity index (χ4n) is 2.05. The first-order chi connectivity index (χ1) is 9.47. The summed E-state index contributed by atoms with van der Waals surface area (Å²) in [5, 5.41) is 13.1. The average molecular weight is 277 g/mol. The Morgan fingerprint density at radius 2 is 1.85 bits per heavy atom. The van der Waals surface area contributed by atoms with Crippen molar-refractivity contribution in [2.24, 2.45) is 0 Å². The molecule has 2 N–H and O–H groups in total. The molecule has 0 aromatic heterocycles. The molecule has 2 nitrogen and oxygen atoms in total. The average Bonchev–Trinajstić information content (AvgIpc) is 2.40. The lowest BCUT2D eigenvalue weighted by Crippen LogP contribution is -2.18. The Hall–Kier alpha value is -1.94. The van der Waals surface area contributed by atoms with Gasteiger partial charge in [0.2, 0.25) is 0 Å². The zero-order valence-corrected chi connectivity index (χ0v) is 11.5. The van der Waals surface area contributed by atoms with Gasteiger partial charge in [-0.25, -0.2) is 8.78 Å². The van der Waals surface area contributed by atoms with Crippen molar-refractivity contribution >= 4 is 0 Å². The van der Waals surface area contributed by atoms with Gasteiger partial charge < -0.3 is 10.4 Å². The number of aryl methyl sites for hydroxylation is 1. The molecule has 1 atom stereocenters. The molecule has 0 spiro atoms. The third kappa shape index (κ3) is 3.33. The standard InChI is InChI=1S/C16H17F2NO/c1-10-3-5-13(16(20)7-10)11(2)19-9-12-4-6-14(17)15(18)8-12/h3-8,11,19-20H,9H2,1-2H3. The van der Waals surface area contributed by atoms with Crippen LogP contribution < -0.4 is 5.32 Å². The highest BCUT2D eigenvalue weighted by Gasteiger charge is 2.10. The minimum absolute atomic E-state index is 0.0938. The molecule has 1 unspecified atom stereocenters. The van der Waals surface area contributed by atoms with Crippen LogP contribution in [0.2, 0.25) is 0 Å². The Bertz CT molecular complexity index is 613. The Morgan fingerprint density at radius 3 is 2.50 bits per heavy atom. The predicted molar refractivity (Wildman–Crippen MR) is 74.5 cm³/mol. The topological polar surface area (TPSA) is 32.3 Å². The van der Waals surface area contributed by atoms with Crippen LogP contribution >= 0.6 is 0 Å². The monoisotopic (exact) mass is 277 g/mol. The van der Waals surface area contributed by atoms with Crippen LogP contribution in [-0.4, -0.2) is 5.11 Å². The normalized spacial score (nSPS) is 12.4. The van der Waals surface area contributed by atoms with Crippen LogP contribution in [0.1, 0.15) is 29.7 Å². The van der Waals surface area contributed by atoms with Gasteiger partial charge in [-0.1, -0.05) is 18.2 Å². The minimum Gasteiger partial charge on any atom is -0.508 e. The van der Waals surface area contributed by atoms with Crippen molar-refractivity contribution in [1.82, 2.24) is 5.32 Å². The van der Waals surface area contributed by atoms with Crippen LogP contribution in [0.3, 0.4) is 0 Å². The molecule has 0 aliphatic carbocycles. The molecular weight excluding hydrogens is 260 g/mol. The van der Waals surface area contributed by atoms with Crippen LogP contribution in [0.5, 0.6) is 5.75 Å². The summed E-state index contributed by atoms with van der Waals surface area (Å²) in [4.78, 5) is 0. The van der Waals surface area contributed by atoms with Crippen molar-refractivity contribution in [2.75, 3.05) is 0 Å². The smallest absolute Gasteiger partial charge is 0.159 e. The molecule has 0 saturated carbocycles. The molecule has 0 amide bonds. The number of nitrogens with one attached hydrogen (secondary N) is 1. The van der Waals surface area contributed by atoms with E-state index in [1.54, 1.807) is 6.07 Å². The number of hydrogen-bond acceptors (Lipinski definition) is 2. The van der Waals surface area contributed by atoms with E-state index in [0.29, 0.717) is 12.1 Å². The second kappa shape index (κ2) is 6.01. The first-order valence-corrected chi connectivity index (χ1v) is 6.44. The lowest BCUT2D eigenvalue weighted by atomic mass is 10.0. The first kappa shape index (κ1) is 14.5. The van der Waals surface area contributed by atoms with Gasteiger partial charge in [0.15, 0.2) is 11.6 Å². The highest BCUT2D eigenvalue weighted by Crippen LogP contribution is 2.25. The highest BCUT2D eigenvalue weighted by atomic mass is 19.2. The van der Waals surface area contributed by atoms with Crippen LogP contribution in [0.15, 0.2) is 36.4 Å². The summed E-state index contributed by atoms with van der Waals surface area (Å²) in [5.41, 5.74) is 2.42. The second-order valence-corrected chi connectivity index (χ2v) is 4.91. The number of hydrogen-bond donors (Lipinski definition) is 2. The molecule has 0 fully saturated rings. The SMILES string of the molecule is Cc1ccc(C(C)NCc2ccc(F)c(F)c2)c(O)c1. The molecule has 2 aromatic rings. The molecule has 2 rings (SSSR count). The van der Waals surface area contributed by atoms with Gasteiger partial charge in [0.05, 0.1) is 0 Å². The molecule has 20 heavy (non-hydrogen) atoms. The maximum Gasteiger partial charge on any atom is 0.159 e. The number of phenols is 1. The van der Waals surface area contributed by atoms with E-state index in [2.05, 4.69) is 5.32 Å². The van der Waals surface area contributed by atoms with Crippen molar-refractivity contribution in [3.8, 4) is 5.75 Å². The molecular formula is C16H17F2NO. The third-order valence-corrected chi connectivity index (χ3v) is 3.25. The van der Waals surface area contributed by atoms with Crippen molar-refractivity contribution in [3.63, 3.8) is 0 Å². The molecule has 106 valence electrons. The van der Waals surface area contributed by atoms with Gasteiger partial charge in [0, 0.05) is 18.2 Å². The molecule has 4 heteroatoms. The zero-order valence-electron chi connectivity index (χ0n) is 11.5. The fraction of sp³-hybridized carbons (Fsp3) is 0.250. The van der Waals surface area contributed by atoms with Gasteiger partial charge in [0.1, 0.15) is 5.75 Å². The molecule has 2 aromatic carbocycles. The molecule has 0 saturated heterocycles. The lowest BCUT2D eigenvalue weighted by molar-refractivity contribution is 0.451. The van der Waals surface area contributed by atoms with Gasteiger partial charge in [-0.3, -0.25) is 0 Å². The zero-order chi connectivity index (χ0) is 14.7. The highest BCUT2D eigenvalue weighted by molar-refractivity contribution is 5.37. The quantitative estimate of drug-likeness (QED) is 0.890. The number of benzene rings is 2. The lowest BCUT2D eigenvalue weighted by Gasteiger charge is -2.16. The summed E-state index contributed by atoms with van der Waals surface area (Å²) in [7, 11) is 0. The van der Waals surface area contributed by atoms with Crippen molar-refractivity contribution < 1.29 is 13.9 Å². The van der Waals surface area contributed by atoms with E-state index in [0.717, 1.165) is 17.2 Å². The van der Waals surface area contributed by atoms with Crippen LogP contribution in [-0.2, 0) is 6.54 Å². The Morgan fingerprint density at radius 1 is 1.10 bits per heavy atom. The van der Waals surface area contributed by atoms with E-state index in [1.807, 2.05) is 26.0 Å². The van der Waals surface area contributed by atoms with Crippen molar-refractivity contribution in [3.05, 3.63) is 64.7 Å². The summed E-state index contributed by atoms with van der Waals surface area (Å²) in [6.07, 6.45) is 0. The third-order valence-electron chi connectivity index (χ3n) is 3.25. The fourth-order valence-corrected chi connectivity index (χ4v) is 2.05. The number of phenolic OH excluding ortho intramolecular Hbond substituents is 1. The van der Waals surface area contributed by atoms with Crippen LogP contribution in [0, 0.1) is 18.6 Å². The van der Waals surface area contributed by atoms with Crippen LogP contribution in [0.4, 0.5) is 8.78 Å². The molecule has 0 radical (unpaired) electrons. The van der Waals surface area contributed by atoms with Gasteiger partial charge in [-0.15, -0.1) is 0 Å². The van der Waals surface area contributed by atoms with E-state index >= 15 is 0 Å². The second-order valence-electron chi connectivity index (χ2n) is 4.91. The largest absolute Gasteiger partial charge is 0.508 e. The minimum atomic E-state index is -0.852. The van der Waals surface area contributed by atoms with E-state index in [1.165, 1.54) is 12.1 Å². The van der Waals surface area contributed by atoms with Gasteiger partial charge in [-0.05, 0) is 43.2 Å². The molecule has 0 aliphatic rings. The number of aromatic hydroxyl groups is 1. The summed E-state index contributed by atoms with van der Waals surface area (Å²) in [5.74, 6) is -1.47. The van der Waals surface area contributed by atoms with E-state index < -0.39 is 11.6 Å². The van der Waals surface area contributed by atoms with E-state index in [4.69, 9.17) is 0 Å². The van der Waals surface area contributed by atoms with E-state index in [-0.39, 0.29) is 11.8 Å². The van der Waals surface area contributed by atoms with E-state index in [9.17, 15) is 13.9 Å². The summed E-state index contributed by atoms with van der Waals surface area (Å²) >= 11 is 0. The molecule has 0 heterocycles. The Balaban J connectivity index is 2.04. The number of rotatable bonds is 4. The van der Waals surface area contributed by atoms with Gasteiger partial charge in [-0.2, -0.15) is 0 Å². The number of halogens is 2. The summed E-state index contributed by atoms with van der Waals surface area (Å²) in [6, 6.07) is 9.20.